The van der Waals surface area contributed by atoms with Crippen molar-refractivity contribution in [2.45, 2.75) is 57.8 Å². The van der Waals surface area contributed by atoms with Crippen molar-refractivity contribution >= 4 is 78.5 Å². The first kappa shape index (κ1) is 55.0. The van der Waals surface area contributed by atoms with E-state index in [1.54, 1.807) is 124 Å². The van der Waals surface area contributed by atoms with E-state index in [1.165, 1.54) is 6.07 Å². The molecule has 0 amide bonds. The number of aliphatic carboxylic acids is 4. The number of carbonyl (C=O) groups excluding carboxylic acids is 4. The third-order valence-corrected chi connectivity index (χ3v) is 16.0. The molecule has 0 saturated heterocycles. The first-order valence-electron chi connectivity index (χ1n) is 25.5. The summed E-state index contributed by atoms with van der Waals surface area (Å²) in [4.78, 5) is 106. The quantitative estimate of drug-likeness (QED) is 0.104. The number of carboxylic acids is 4. The van der Waals surface area contributed by atoms with Gasteiger partial charge in [0.15, 0.2) is 28.6 Å². The number of hydrogen-bond acceptors (Lipinski definition) is 10. The van der Waals surface area contributed by atoms with Gasteiger partial charge in [0.1, 0.15) is 0 Å². The highest BCUT2D eigenvalue weighted by molar-refractivity contribution is 7.24. The molecule has 1 aromatic heterocycles. The number of benzene rings is 8. The fraction of sp³-hybridized carbons (Fsp3) is 0.136. The van der Waals surface area contributed by atoms with Crippen molar-refractivity contribution in [3.63, 3.8) is 0 Å². The van der Waals surface area contributed by atoms with Gasteiger partial charge in [-0.15, -0.1) is 11.3 Å². The van der Waals surface area contributed by atoms with Crippen LogP contribution in [0.5, 0.6) is 0 Å². The van der Waals surface area contributed by atoms with Crippen LogP contribution in [0.3, 0.4) is 0 Å². The van der Waals surface area contributed by atoms with Crippen LogP contribution in [0, 0.1) is 0 Å². The molecule has 3 aliphatic carbocycles. The maximum Gasteiger partial charge on any atom is 0.310 e. The Labute approximate surface area is 462 Å². The van der Waals surface area contributed by atoms with E-state index in [-0.39, 0.29) is 34.1 Å². The molecule has 3 aliphatic rings. The summed E-state index contributed by atoms with van der Waals surface area (Å²) in [5.41, 5.74) is 10.3. The molecule has 398 valence electrons. The Morgan fingerprint density at radius 1 is 0.338 bits per heavy atom. The van der Waals surface area contributed by atoms with Crippen molar-refractivity contribution in [2.24, 2.45) is 0 Å². The van der Waals surface area contributed by atoms with E-state index in [4.69, 9.17) is 20.4 Å². The zero-order valence-corrected chi connectivity index (χ0v) is 44.4. The highest BCUT2D eigenvalue weighted by Gasteiger charge is 2.31. The van der Waals surface area contributed by atoms with Crippen LogP contribution in [0.25, 0.3) is 31.3 Å². The van der Waals surface area contributed by atoms with Gasteiger partial charge in [0, 0.05) is 64.7 Å². The molecule has 1 heterocycles. The molecule has 0 bridgehead atoms. The molecule has 4 N–H and O–H groups in total. The SMILES string of the molecule is CC(C(=O)O)c1ccc2c(c1)C(=O)c1ccccc1-2.CC(C(=O)O)c1ccc2c(c1)C(=O)c1ccccc1C2.CC(C(=O)O)c1ccc2c(c1)C(=O)c1ccccc1C2=O.CC(C(=O)O)c1ccc2sc3ccccc3c(=O)c2c1. The predicted octanol–water partition coefficient (Wildman–Crippen LogP) is 12.3. The lowest BCUT2D eigenvalue weighted by atomic mass is 9.82. The average Bonchev–Trinajstić information content (AvgIpc) is 3.83. The van der Waals surface area contributed by atoms with Crippen LogP contribution in [0.2, 0.25) is 0 Å². The van der Waals surface area contributed by atoms with Crippen LogP contribution >= 0.6 is 11.3 Å². The second kappa shape index (κ2) is 22.7. The minimum absolute atomic E-state index is 0.0127. The molecular weight excluding hydrogens is 1030 g/mol. The Hall–Kier alpha value is -9.79. The van der Waals surface area contributed by atoms with Crippen LogP contribution in [-0.4, -0.2) is 67.4 Å². The lowest BCUT2D eigenvalue weighted by molar-refractivity contribution is -0.139. The molecule has 80 heavy (non-hydrogen) atoms. The Balaban J connectivity index is 0.000000129. The summed E-state index contributed by atoms with van der Waals surface area (Å²) in [6, 6.07) is 49.9. The number of hydrogen-bond donors (Lipinski definition) is 4. The highest BCUT2D eigenvalue weighted by Crippen LogP contribution is 2.38. The van der Waals surface area contributed by atoms with Crippen molar-refractivity contribution < 1.29 is 58.8 Å². The number of ketones is 4. The molecule has 0 saturated carbocycles. The molecule has 0 aliphatic heterocycles. The fourth-order valence-electron chi connectivity index (χ4n) is 9.84. The molecule has 4 atom stereocenters. The van der Waals surface area contributed by atoms with E-state index in [9.17, 15) is 43.2 Å². The van der Waals surface area contributed by atoms with E-state index >= 15 is 0 Å². The Morgan fingerprint density at radius 3 is 1.23 bits per heavy atom. The normalized spacial score (nSPS) is 13.8. The minimum Gasteiger partial charge on any atom is -0.481 e. The summed E-state index contributed by atoms with van der Waals surface area (Å²) in [6.45, 7) is 6.42. The first-order valence-corrected chi connectivity index (χ1v) is 26.3. The largest absolute Gasteiger partial charge is 0.481 e. The van der Waals surface area contributed by atoms with Gasteiger partial charge in [-0.1, -0.05) is 121 Å². The van der Waals surface area contributed by atoms with Crippen molar-refractivity contribution in [3.8, 4) is 11.1 Å². The van der Waals surface area contributed by atoms with E-state index in [0.717, 1.165) is 43.6 Å². The lowest BCUT2D eigenvalue weighted by Crippen LogP contribution is -2.21. The van der Waals surface area contributed by atoms with Crippen molar-refractivity contribution in [1.29, 1.82) is 0 Å². The van der Waals surface area contributed by atoms with Crippen LogP contribution in [0.1, 0.15) is 148 Å². The van der Waals surface area contributed by atoms with E-state index in [1.807, 2.05) is 78.9 Å². The molecule has 0 radical (unpaired) electrons. The van der Waals surface area contributed by atoms with Gasteiger partial charge in [0.25, 0.3) is 0 Å². The topological polar surface area (TPSA) is 235 Å². The van der Waals surface area contributed by atoms with Gasteiger partial charge in [0.2, 0.25) is 0 Å². The number of rotatable bonds is 8. The fourth-order valence-corrected chi connectivity index (χ4v) is 10.9. The Morgan fingerprint density at radius 2 is 0.675 bits per heavy atom. The van der Waals surface area contributed by atoms with E-state index in [2.05, 4.69) is 0 Å². The maximum absolute atomic E-state index is 12.5. The van der Waals surface area contributed by atoms with Gasteiger partial charge in [-0.2, -0.15) is 0 Å². The molecule has 0 spiro atoms. The average molecular weight is 1080 g/mol. The van der Waals surface area contributed by atoms with Gasteiger partial charge in [-0.05, 0) is 127 Å². The summed E-state index contributed by atoms with van der Waals surface area (Å²) in [5.74, 6) is -6.65. The number of carbonyl (C=O) groups is 8. The predicted molar refractivity (Wildman–Crippen MR) is 304 cm³/mol. The summed E-state index contributed by atoms with van der Waals surface area (Å²) in [7, 11) is 0. The summed E-state index contributed by atoms with van der Waals surface area (Å²) >= 11 is 1.55. The van der Waals surface area contributed by atoms with E-state index < -0.39 is 47.5 Å². The molecule has 13 nitrogen and oxygen atoms in total. The monoisotopic (exact) mass is 1080 g/mol. The molecule has 9 aromatic rings. The molecular formula is C66H50O13S. The summed E-state index contributed by atoms with van der Waals surface area (Å²) in [6.07, 6.45) is 0.721. The number of fused-ring (bicyclic) bond motifs is 9. The van der Waals surface area contributed by atoms with Gasteiger partial charge in [-0.3, -0.25) is 43.2 Å². The van der Waals surface area contributed by atoms with Crippen LogP contribution in [0.15, 0.2) is 175 Å². The standard InChI is InChI=1S/C17H12O4.C17H14O3.C16H12O3S.C16H12O3/c1-9(17(20)21)10-6-7-13-14(8-10)16(19)12-5-3-2-4-11(12)15(13)18;1-10(17(19)20)11-6-7-13-8-12-4-2-3-5-14(12)16(18)15(13)9-11;1-9(16(18)19)10-6-7-14-12(8-10)15(17)11-4-2-3-5-13(11)20-14;1-9(16(18)19)10-6-7-12-11-4-2-3-5-13(11)15(17)14(12)8-10/h2-9H,1H3,(H,20,21);2-7,9-10H,8H2,1H3,(H,19,20);2-9H,1H3,(H,18,19);2-9H,1H3,(H,18,19). The highest BCUT2D eigenvalue weighted by atomic mass is 32.1. The second-order valence-electron chi connectivity index (χ2n) is 19.7. The molecule has 4 unspecified atom stereocenters. The minimum atomic E-state index is -0.968. The van der Waals surface area contributed by atoms with Crippen LogP contribution in [0.4, 0.5) is 0 Å². The van der Waals surface area contributed by atoms with Crippen molar-refractivity contribution in [3.05, 3.63) is 258 Å². The van der Waals surface area contributed by atoms with Crippen LogP contribution < -0.4 is 5.43 Å². The molecule has 8 aromatic carbocycles. The van der Waals surface area contributed by atoms with Crippen molar-refractivity contribution in [1.82, 2.24) is 0 Å². The van der Waals surface area contributed by atoms with Gasteiger partial charge >= 0.3 is 23.9 Å². The number of carboxylic acid groups (broad SMARTS) is 4. The third-order valence-electron chi connectivity index (χ3n) is 14.8. The second-order valence-corrected chi connectivity index (χ2v) is 20.8. The molecule has 14 heteroatoms. The van der Waals surface area contributed by atoms with Crippen molar-refractivity contribution in [2.75, 3.05) is 0 Å². The zero-order valence-electron chi connectivity index (χ0n) is 43.6. The zero-order chi connectivity index (χ0) is 57.3. The smallest absolute Gasteiger partial charge is 0.310 e. The first-order chi connectivity index (χ1) is 38.2. The van der Waals surface area contributed by atoms with E-state index in [0.29, 0.717) is 66.4 Å². The third kappa shape index (κ3) is 10.6. The maximum atomic E-state index is 12.5. The molecule has 0 fully saturated rings. The van der Waals surface area contributed by atoms with Gasteiger partial charge in [0.05, 0.1) is 23.7 Å². The Bertz CT molecular complexity index is 4150. The Kier molecular flexibility index (Phi) is 15.6. The molecule has 12 rings (SSSR count). The lowest BCUT2D eigenvalue weighted by Gasteiger charge is -2.19. The van der Waals surface area contributed by atoms with Crippen LogP contribution in [-0.2, 0) is 25.6 Å². The summed E-state index contributed by atoms with van der Waals surface area (Å²) in [5, 5.41) is 37.5. The van der Waals surface area contributed by atoms with Gasteiger partial charge < -0.3 is 20.4 Å². The van der Waals surface area contributed by atoms with Gasteiger partial charge in [-0.25, -0.2) is 0 Å². The summed E-state index contributed by atoms with van der Waals surface area (Å²) < 4.78 is 1.83.